The topological polar surface area (TPSA) is 9.23 Å². The van der Waals surface area contributed by atoms with Crippen molar-refractivity contribution in [3.8, 4) is 5.75 Å². The minimum absolute atomic E-state index is 0.0241. The van der Waals surface area contributed by atoms with Crippen LogP contribution in [0.5, 0.6) is 5.75 Å². The molecule has 23 heavy (non-hydrogen) atoms. The second kappa shape index (κ2) is 6.95. The van der Waals surface area contributed by atoms with E-state index in [0.29, 0.717) is 5.56 Å². The van der Waals surface area contributed by atoms with E-state index in [1.807, 2.05) is 43.3 Å². The summed E-state index contributed by atoms with van der Waals surface area (Å²) in [6.07, 6.45) is 5.91. The van der Waals surface area contributed by atoms with Crippen LogP contribution in [0.4, 0.5) is 8.78 Å². The van der Waals surface area contributed by atoms with E-state index in [0.717, 1.165) is 42.4 Å². The summed E-state index contributed by atoms with van der Waals surface area (Å²) in [5, 5.41) is 0. The maximum Gasteiger partial charge on any atom is 0.201 e. The van der Waals surface area contributed by atoms with Gasteiger partial charge in [0.2, 0.25) is 5.82 Å². The van der Waals surface area contributed by atoms with Crippen molar-refractivity contribution in [3.63, 3.8) is 0 Å². The summed E-state index contributed by atoms with van der Waals surface area (Å²) in [5.41, 5.74) is 2.97. The van der Waals surface area contributed by atoms with Gasteiger partial charge < -0.3 is 4.74 Å². The van der Waals surface area contributed by atoms with Gasteiger partial charge in [0.05, 0.1) is 0 Å². The highest BCUT2D eigenvalue weighted by Gasteiger charge is 2.21. The molecule has 0 radical (unpaired) electrons. The first-order chi connectivity index (χ1) is 11.2. The van der Waals surface area contributed by atoms with Gasteiger partial charge in [0.15, 0.2) is 11.6 Å². The zero-order valence-corrected chi connectivity index (χ0v) is 13.2. The first kappa shape index (κ1) is 15.7. The van der Waals surface area contributed by atoms with Crippen LogP contribution in [-0.2, 0) is 6.61 Å². The van der Waals surface area contributed by atoms with Crippen LogP contribution in [0.3, 0.4) is 0 Å². The number of hydrogen-bond acceptors (Lipinski definition) is 1. The molecule has 2 aromatic carbocycles. The second-order valence-corrected chi connectivity index (χ2v) is 5.94. The van der Waals surface area contributed by atoms with Crippen molar-refractivity contribution in [3.05, 3.63) is 70.8 Å². The second-order valence-electron chi connectivity index (χ2n) is 5.94. The van der Waals surface area contributed by atoms with Crippen molar-refractivity contribution < 1.29 is 13.5 Å². The van der Waals surface area contributed by atoms with Gasteiger partial charge in [0.1, 0.15) is 6.61 Å². The lowest BCUT2D eigenvalue weighted by Gasteiger charge is -2.18. The van der Waals surface area contributed by atoms with Gasteiger partial charge >= 0.3 is 0 Å². The molecule has 3 rings (SSSR count). The Bertz CT molecular complexity index is 720. The average molecular weight is 314 g/mol. The number of rotatable bonds is 4. The summed E-state index contributed by atoms with van der Waals surface area (Å²) in [6, 6.07) is 11.1. The molecule has 0 atom stereocenters. The normalized spacial score (nSPS) is 14.5. The van der Waals surface area contributed by atoms with E-state index in [-0.39, 0.29) is 12.4 Å². The molecule has 120 valence electrons. The standard InChI is InChI=1S/C20H20F2O/c1-14-12-17(23-13-15-8-4-2-5-9-15)19(21)20(22)18(14)16-10-6-3-7-11-16/h2,4-5,8-10,12H,3,6-7,11,13H2,1H3. The molecule has 0 aliphatic heterocycles. The van der Waals surface area contributed by atoms with Gasteiger partial charge in [-0.3, -0.25) is 0 Å². The summed E-state index contributed by atoms with van der Waals surface area (Å²) in [5.74, 6) is -1.71. The summed E-state index contributed by atoms with van der Waals surface area (Å²) >= 11 is 0. The lowest BCUT2D eigenvalue weighted by atomic mass is 9.90. The number of allylic oxidation sites excluding steroid dienone is 2. The van der Waals surface area contributed by atoms with E-state index in [4.69, 9.17) is 4.74 Å². The fourth-order valence-electron chi connectivity index (χ4n) is 3.02. The van der Waals surface area contributed by atoms with Crippen molar-refractivity contribution in [2.24, 2.45) is 0 Å². The Kier molecular flexibility index (Phi) is 4.75. The molecule has 1 aliphatic carbocycles. The summed E-state index contributed by atoms with van der Waals surface area (Å²) in [7, 11) is 0. The Morgan fingerprint density at radius 3 is 2.52 bits per heavy atom. The number of aryl methyl sites for hydroxylation is 1. The van der Waals surface area contributed by atoms with Crippen LogP contribution in [0, 0.1) is 18.6 Å². The Balaban J connectivity index is 1.87. The zero-order valence-electron chi connectivity index (χ0n) is 13.2. The van der Waals surface area contributed by atoms with Crippen molar-refractivity contribution in [1.82, 2.24) is 0 Å². The number of benzene rings is 2. The minimum atomic E-state index is -0.895. The van der Waals surface area contributed by atoms with Crippen LogP contribution in [-0.4, -0.2) is 0 Å². The first-order valence-corrected chi connectivity index (χ1v) is 8.01. The predicted octanol–water partition coefficient (Wildman–Crippen LogP) is 5.81. The lowest BCUT2D eigenvalue weighted by molar-refractivity contribution is 0.284. The van der Waals surface area contributed by atoms with E-state index in [9.17, 15) is 8.78 Å². The molecular formula is C20H20F2O. The van der Waals surface area contributed by atoms with Crippen LogP contribution in [0.15, 0.2) is 42.5 Å². The molecule has 0 heterocycles. The highest BCUT2D eigenvalue weighted by molar-refractivity contribution is 5.70. The molecule has 0 amide bonds. The highest BCUT2D eigenvalue weighted by Crippen LogP contribution is 2.35. The number of halogens is 2. The molecule has 0 unspecified atom stereocenters. The maximum atomic E-state index is 14.5. The van der Waals surface area contributed by atoms with Crippen LogP contribution in [0.1, 0.15) is 42.4 Å². The Morgan fingerprint density at radius 2 is 1.83 bits per heavy atom. The smallest absolute Gasteiger partial charge is 0.201 e. The van der Waals surface area contributed by atoms with E-state index >= 15 is 0 Å². The van der Waals surface area contributed by atoms with Crippen LogP contribution in [0.25, 0.3) is 5.57 Å². The van der Waals surface area contributed by atoms with E-state index in [2.05, 4.69) is 0 Å². The summed E-state index contributed by atoms with van der Waals surface area (Å²) < 4.78 is 34.4. The van der Waals surface area contributed by atoms with Crippen molar-refractivity contribution >= 4 is 5.57 Å². The van der Waals surface area contributed by atoms with Crippen molar-refractivity contribution in [2.75, 3.05) is 0 Å². The molecule has 0 spiro atoms. The molecular weight excluding hydrogens is 294 g/mol. The van der Waals surface area contributed by atoms with Gasteiger partial charge in [-0.05, 0) is 55.4 Å². The Labute approximate surface area is 135 Å². The van der Waals surface area contributed by atoms with Gasteiger partial charge in [-0.15, -0.1) is 0 Å². The minimum Gasteiger partial charge on any atom is -0.486 e. The average Bonchev–Trinajstić information content (AvgIpc) is 2.59. The van der Waals surface area contributed by atoms with Crippen molar-refractivity contribution in [1.29, 1.82) is 0 Å². The third-order valence-electron chi connectivity index (χ3n) is 4.22. The Morgan fingerprint density at radius 1 is 1.04 bits per heavy atom. The summed E-state index contributed by atoms with van der Waals surface area (Å²) in [6.45, 7) is 2.03. The SMILES string of the molecule is Cc1cc(OCc2ccccc2)c(F)c(F)c1C1=CCCCC1. The van der Waals surface area contributed by atoms with Crippen LogP contribution >= 0.6 is 0 Å². The molecule has 1 aliphatic rings. The molecule has 0 saturated carbocycles. The van der Waals surface area contributed by atoms with E-state index < -0.39 is 11.6 Å². The zero-order chi connectivity index (χ0) is 16.2. The van der Waals surface area contributed by atoms with Crippen LogP contribution in [0.2, 0.25) is 0 Å². The molecule has 0 bridgehead atoms. The van der Waals surface area contributed by atoms with E-state index in [1.165, 1.54) is 0 Å². The van der Waals surface area contributed by atoms with Gasteiger partial charge in [-0.2, -0.15) is 4.39 Å². The van der Waals surface area contributed by atoms with Crippen molar-refractivity contribution in [2.45, 2.75) is 39.2 Å². The van der Waals surface area contributed by atoms with Gasteiger partial charge in [0, 0.05) is 5.56 Å². The molecule has 0 aromatic heterocycles. The number of ether oxygens (including phenoxy) is 1. The van der Waals surface area contributed by atoms with Gasteiger partial charge in [-0.25, -0.2) is 4.39 Å². The summed E-state index contributed by atoms with van der Waals surface area (Å²) in [4.78, 5) is 0. The molecule has 3 heteroatoms. The quantitative estimate of drug-likeness (QED) is 0.692. The fraction of sp³-hybridized carbons (Fsp3) is 0.300. The largest absolute Gasteiger partial charge is 0.486 e. The third kappa shape index (κ3) is 3.44. The number of hydrogen-bond donors (Lipinski definition) is 0. The molecule has 2 aromatic rings. The van der Waals surface area contributed by atoms with E-state index in [1.54, 1.807) is 6.07 Å². The fourth-order valence-corrected chi connectivity index (χ4v) is 3.02. The maximum absolute atomic E-state index is 14.5. The highest BCUT2D eigenvalue weighted by atomic mass is 19.2. The first-order valence-electron chi connectivity index (χ1n) is 8.01. The van der Waals surface area contributed by atoms with Gasteiger partial charge in [-0.1, -0.05) is 36.4 Å². The molecule has 0 fully saturated rings. The monoisotopic (exact) mass is 314 g/mol. The third-order valence-corrected chi connectivity index (χ3v) is 4.22. The lowest BCUT2D eigenvalue weighted by Crippen LogP contribution is -2.05. The molecule has 0 N–H and O–H groups in total. The van der Waals surface area contributed by atoms with Gasteiger partial charge in [0.25, 0.3) is 0 Å². The molecule has 1 nitrogen and oxygen atoms in total. The molecule has 0 saturated heterocycles. The van der Waals surface area contributed by atoms with Crippen LogP contribution < -0.4 is 4.74 Å². The predicted molar refractivity (Wildman–Crippen MR) is 88.3 cm³/mol. The Hall–Kier alpha value is -2.16.